The van der Waals surface area contributed by atoms with Crippen LogP contribution < -0.4 is 20.4 Å². The fraction of sp³-hybridized carbons (Fsp3) is 0.600. The standard InChI is InChI=1S/2C5H7NO3.Zn/c2*7-4-2-1-3(6-4)5(8)9;/h2*3H,1-2H2,(H,6,7)(H,8,9);/p-4. The smallest absolute Gasteiger partial charge is 0.0885 e. The summed E-state index contributed by atoms with van der Waals surface area (Å²) in [4.78, 5) is 26.6. The number of carboxylic acids is 2. The Labute approximate surface area is 121 Å². The van der Waals surface area contributed by atoms with Crippen molar-refractivity contribution < 1.29 is 49.5 Å². The van der Waals surface area contributed by atoms with Crippen LogP contribution in [0.2, 0.25) is 0 Å². The van der Waals surface area contributed by atoms with Crippen LogP contribution in [0.5, 0.6) is 0 Å². The quantitative estimate of drug-likeness (QED) is 0.466. The molecule has 0 aromatic rings. The molecule has 2 aliphatic heterocycles. The average molecular weight is 320 g/mol. The van der Waals surface area contributed by atoms with E-state index in [0.717, 1.165) is 0 Å². The first kappa shape index (κ1) is 17.5. The molecule has 0 fully saturated rings. The van der Waals surface area contributed by atoms with Crippen molar-refractivity contribution in [2.24, 2.45) is 9.98 Å². The Balaban J connectivity index is 0.000000324. The summed E-state index contributed by atoms with van der Waals surface area (Å²) in [6, 6.07) is -1.75. The van der Waals surface area contributed by atoms with Gasteiger partial charge in [0.05, 0.1) is 24.0 Å². The molecule has 0 saturated carbocycles. The predicted molar refractivity (Wildman–Crippen MR) is 50.9 cm³/mol. The number of aliphatic carboxylic acids is 2. The van der Waals surface area contributed by atoms with E-state index in [9.17, 15) is 30.0 Å². The summed E-state index contributed by atoms with van der Waals surface area (Å²) < 4.78 is 0. The van der Waals surface area contributed by atoms with Gasteiger partial charge in [-0.05, 0) is 37.5 Å². The normalized spacial score (nSPS) is 24.4. The molecule has 0 saturated heterocycles. The van der Waals surface area contributed by atoms with Crippen LogP contribution in [0.15, 0.2) is 9.98 Å². The molecule has 0 aromatic heterocycles. The molecule has 2 heterocycles. The minimum absolute atomic E-state index is 0. The Kier molecular flexibility index (Phi) is 7.22. The van der Waals surface area contributed by atoms with Crippen molar-refractivity contribution in [2.75, 3.05) is 0 Å². The van der Waals surface area contributed by atoms with Gasteiger partial charge in [0, 0.05) is 19.5 Å². The van der Waals surface area contributed by atoms with Gasteiger partial charge in [-0.15, -0.1) is 0 Å². The molecule has 2 atom stereocenters. The maximum Gasteiger partial charge on any atom is 0.0885 e. The van der Waals surface area contributed by atoms with E-state index in [0.29, 0.717) is 12.8 Å². The van der Waals surface area contributed by atoms with Crippen LogP contribution in [-0.2, 0) is 29.1 Å². The number of rotatable bonds is 2. The molecule has 2 aliphatic rings. The summed E-state index contributed by atoms with van der Waals surface area (Å²) in [6.45, 7) is 0. The van der Waals surface area contributed by atoms with Crippen LogP contribution in [0, 0.1) is 0 Å². The third-order valence-corrected chi connectivity index (χ3v) is 2.41. The van der Waals surface area contributed by atoms with E-state index in [-0.39, 0.29) is 44.1 Å². The molecular weight excluding hydrogens is 310 g/mol. The van der Waals surface area contributed by atoms with Crippen LogP contribution in [0.1, 0.15) is 25.7 Å². The largest absolute Gasteiger partial charge is 0.862 e. The summed E-state index contributed by atoms with van der Waals surface area (Å²) in [6.07, 6.45) is 1.11. The summed E-state index contributed by atoms with van der Waals surface area (Å²) >= 11 is 0. The Hall–Kier alpha value is -1.50. The van der Waals surface area contributed by atoms with Crippen molar-refractivity contribution in [3.8, 4) is 0 Å². The van der Waals surface area contributed by atoms with Crippen LogP contribution in [0.4, 0.5) is 0 Å². The Morgan fingerprint density at radius 1 is 0.895 bits per heavy atom. The molecule has 0 N–H and O–H groups in total. The molecule has 0 radical (unpaired) electrons. The molecule has 102 valence electrons. The topological polar surface area (TPSA) is 151 Å². The molecule has 0 bridgehead atoms. The maximum atomic E-state index is 10.3. The van der Waals surface area contributed by atoms with Gasteiger partial charge in [0.1, 0.15) is 0 Å². The van der Waals surface area contributed by atoms with Crippen LogP contribution in [0.3, 0.4) is 0 Å². The van der Waals surface area contributed by atoms with Gasteiger partial charge < -0.3 is 30.0 Å². The van der Waals surface area contributed by atoms with E-state index in [1.54, 1.807) is 0 Å². The van der Waals surface area contributed by atoms with Gasteiger partial charge in [-0.3, -0.25) is 9.98 Å². The van der Waals surface area contributed by atoms with Crippen molar-refractivity contribution in [1.29, 1.82) is 0 Å². The summed E-state index contributed by atoms with van der Waals surface area (Å²) in [5.41, 5.74) is 0. The molecule has 0 amide bonds. The maximum absolute atomic E-state index is 10.3. The number of aliphatic imine (C=N–C) groups is 2. The van der Waals surface area contributed by atoms with Gasteiger partial charge in [-0.25, -0.2) is 0 Å². The van der Waals surface area contributed by atoms with Crippen LogP contribution >= 0.6 is 0 Å². The van der Waals surface area contributed by atoms with E-state index in [1.165, 1.54) is 0 Å². The monoisotopic (exact) mass is 318 g/mol. The zero-order valence-electron chi connectivity index (χ0n) is 10.0. The summed E-state index contributed by atoms with van der Waals surface area (Å²) in [5, 5.41) is 40.6. The number of hydrogen-bond donors (Lipinski definition) is 0. The van der Waals surface area contributed by atoms with E-state index in [1.807, 2.05) is 0 Å². The number of nitrogens with zero attached hydrogens (tertiary/aromatic N) is 2. The number of carboxylic acid groups (broad SMARTS) is 2. The first-order valence-electron chi connectivity index (χ1n) is 5.29. The average Bonchev–Trinajstić information content (AvgIpc) is 2.88. The van der Waals surface area contributed by atoms with Crippen molar-refractivity contribution in [2.45, 2.75) is 37.8 Å². The Morgan fingerprint density at radius 3 is 1.32 bits per heavy atom. The zero-order chi connectivity index (χ0) is 13.7. The second-order valence-electron chi connectivity index (χ2n) is 3.79. The number of carbonyl (C=O) groups excluding carboxylic acids is 2. The summed E-state index contributed by atoms with van der Waals surface area (Å²) in [5.74, 6) is -3.16. The van der Waals surface area contributed by atoms with Gasteiger partial charge in [0.2, 0.25) is 0 Å². The van der Waals surface area contributed by atoms with E-state index in [2.05, 4.69) is 9.98 Å². The molecule has 2 unspecified atom stereocenters. The van der Waals surface area contributed by atoms with Crippen LogP contribution in [-0.4, -0.2) is 35.8 Å². The van der Waals surface area contributed by atoms with Gasteiger partial charge in [0.25, 0.3) is 0 Å². The molecule has 0 spiro atoms. The van der Waals surface area contributed by atoms with E-state index < -0.39 is 24.0 Å². The molecule has 9 heteroatoms. The first-order chi connectivity index (χ1) is 8.40. The summed E-state index contributed by atoms with van der Waals surface area (Å²) in [7, 11) is 0. The second-order valence-corrected chi connectivity index (χ2v) is 3.79. The van der Waals surface area contributed by atoms with Crippen molar-refractivity contribution in [3.63, 3.8) is 0 Å². The fourth-order valence-electron chi connectivity index (χ4n) is 1.47. The SMILES string of the molecule is O=C([O-])C1CCC([O-])=N1.O=C([O-])C1CCC([O-])=N1.[Zn]. The molecular formula is C10H10N2O6Zn-4. The van der Waals surface area contributed by atoms with Crippen molar-refractivity contribution in [3.05, 3.63) is 0 Å². The van der Waals surface area contributed by atoms with Crippen molar-refractivity contribution >= 4 is 23.7 Å². The third-order valence-electron chi connectivity index (χ3n) is 2.41. The first-order valence-corrected chi connectivity index (χ1v) is 5.29. The second kappa shape index (κ2) is 7.83. The minimum atomic E-state index is -1.25. The molecule has 0 aliphatic carbocycles. The Morgan fingerprint density at radius 2 is 1.21 bits per heavy atom. The van der Waals surface area contributed by atoms with E-state index >= 15 is 0 Å². The van der Waals surface area contributed by atoms with E-state index in [4.69, 9.17) is 0 Å². The van der Waals surface area contributed by atoms with Crippen LogP contribution in [0.25, 0.3) is 0 Å². The molecule has 2 rings (SSSR count). The minimum Gasteiger partial charge on any atom is -0.862 e. The number of hydrogen-bond acceptors (Lipinski definition) is 8. The van der Waals surface area contributed by atoms with Crippen molar-refractivity contribution in [1.82, 2.24) is 0 Å². The van der Waals surface area contributed by atoms with Gasteiger partial charge in [-0.2, -0.15) is 0 Å². The number of carbonyl (C=O) groups is 2. The Bertz CT molecular complexity index is 371. The fourth-order valence-corrected chi connectivity index (χ4v) is 1.47. The third kappa shape index (κ3) is 5.78. The molecule has 19 heavy (non-hydrogen) atoms. The van der Waals surface area contributed by atoms with Gasteiger partial charge in [0.15, 0.2) is 0 Å². The predicted octanol–water partition coefficient (Wildman–Crippen LogP) is -4.69. The molecule has 8 nitrogen and oxygen atoms in total. The van der Waals surface area contributed by atoms with Gasteiger partial charge >= 0.3 is 0 Å². The van der Waals surface area contributed by atoms with Gasteiger partial charge in [-0.1, -0.05) is 0 Å². The zero-order valence-corrected chi connectivity index (χ0v) is 13.0. The molecule has 0 aromatic carbocycles.